The molecule has 0 aliphatic carbocycles. The van der Waals surface area contributed by atoms with Gasteiger partial charge >= 0.3 is 0 Å². The molecule has 126 valence electrons. The van der Waals surface area contributed by atoms with Gasteiger partial charge in [0.25, 0.3) is 0 Å². The molecule has 0 unspecified atom stereocenters. The van der Waals surface area contributed by atoms with Crippen LogP contribution in [-0.4, -0.2) is 47.0 Å². The number of rotatable bonds is 3. The minimum atomic E-state index is 0.325. The lowest BCUT2D eigenvalue weighted by molar-refractivity contribution is 0.0755. The summed E-state index contributed by atoms with van der Waals surface area (Å²) in [6.45, 7) is 5.82. The molecule has 24 heavy (non-hydrogen) atoms. The van der Waals surface area contributed by atoms with Gasteiger partial charge in [-0.1, -0.05) is 11.3 Å². The number of methoxy groups -OCH3 is 1. The molecule has 1 aromatic carbocycles. The van der Waals surface area contributed by atoms with E-state index in [0.717, 1.165) is 40.3 Å². The van der Waals surface area contributed by atoms with Crippen LogP contribution >= 0.6 is 11.3 Å². The molecule has 0 bridgehead atoms. The molecular formula is C17H20N4O2S. The van der Waals surface area contributed by atoms with Crippen molar-refractivity contribution in [3.8, 4) is 17.0 Å². The number of hydrogen-bond donors (Lipinski definition) is 0. The molecule has 3 heterocycles. The third-order valence-corrected chi connectivity index (χ3v) is 5.24. The van der Waals surface area contributed by atoms with E-state index in [2.05, 4.69) is 18.7 Å². The Balaban J connectivity index is 1.64. The number of nitrogens with zero attached hydrogens (tertiary/aromatic N) is 4. The Morgan fingerprint density at radius 3 is 2.50 bits per heavy atom. The summed E-state index contributed by atoms with van der Waals surface area (Å²) < 4.78 is 12.7. The molecule has 4 rings (SSSR count). The van der Waals surface area contributed by atoms with Crippen LogP contribution in [0.3, 0.4) is 0 Å². The average molecular weight is 344 g/mol. The van der Waals surface area contributed by atoms with Crippen LogP contribution in [0.15, 0.2) is 30.5 Å². The standard InChI is InChI=1S/C17H20N4O2S/c1-11-9-23-10-12(2)21(11)17-19-20-8-15(18-16(20)24-17)13-4-6-14(22-3)7-5-13/h4-8,11-12H,9-10H2,1-3H3/t11-,12+. The fraction of sp³-hybridized carbons (Fsp3) is 0.412. The topological polar surface area (TPSA) is 51.9 Å². The number of benzene rings is 1. The second-order valence-corrected chi connectivity index (χ2v) is 7.04. The third kappa shape index (κ3) is 2.63. The maximum absolute atomic E-state index is 5.60. The first-order valence-electron chi connectivity index (χ1n) is 8.02. The Bertz CT molecular complexity index is 801. The van der Waals surface area contributed by atoms with E-state index in [9.17, 15) is 0 Å². The van der Waals surface area contributed by atoms with Gasteiger partial charge in [0.1, 0.15) is 5.75 Å². The van der Waals surface area contributed by atoms with Crippen LogP contribution in [0.1, 0.15) is 13.8 Å². The Labute approximate surface area is 144 Å². The predicted octanol–water partition coefficient (Wildman–Crippen LogP) is 3.08. The van der Waals surface area contributed by atoms with E-state index in [-0.39, 0.29) is 0 Å². The minimum Gasteiger partial charge on any atom is -0.497 e. The van der Waals surface area contributed by atoms with E-state index in [0.29, 0.717) is 12.1 Å². The highest BCUT2D eigenvalue weighted by Crippen LogP contribution is 2.30. The molecule has 0 N–H and O–H groups in total. The van der Waals surface area contributed by atoms with Crippen LogP contribution in [0, 0.1) is 0 Å². The van der Waals surface area contributed by atoms with Crippen LogP contribution in [0.4, 0.5) is 5.13 Å². The molecule has 0 spiro atoms. The summed E-state index contributed by atoms with van der Waals surface area (Å²) in [7, 11) is 1.67. The van der Waals surface area contributed by atoms with Crippen molar-refractivity contribution in [2.45, 2.75) is 25.9 Å². The van der Waals surface area contributed by atoms with Crippen LogP contribution < -0.4 is 9.64 Å². The highest BCUT2D eigenvalue weighted by molar-refractivity contribution is 7.20. The van der Waals surface area contributed by atoms with Gasteiger partial charge in [0.2, 0.25) is 10.1 Å². The van der Waals surface area contributed by atoms with E-state index in [1.807, 2.05) is 35.0 Å². The van der Waals surface area contributed by atoms with Gasteiger partial charge in [0.05, 0.1) is 44.3 Å². The Kier molecular flexibility index (Phi) is 3.90. The van der Waals surface area contributed by atoms with Gasteiger partial charge in [0, 0.05) is 5.56 Å². The second kappa shape index (κ2) is 6.07. The molecule has 3 aromatic rings. The van der Waals surface area contributed by atoms with Gasteiger partial charge in [-0.15, -0.1) is 5.10 Å². The van der Waals surface area contributed by atoms with Crippen molar-refractivity contribution >= 4 is 21.4 Å². The molecule has 6 nitrogen and oxygen atoms in total. The molecule has 0 radical (unpaired) electrons. The van der Waals surface area contributed by atoms with Crippen molar-refractivity contribution < 1.29 is 9.47 Å². The van der Waals surface area contributed by atoms with Gasteiger partial charge in [-0.2, -0.15) is 0 Å². The lowest BCUT2D eigenvalue weighted by Gasteiger charge is -2.38. The van der Waals surface area contributed by atoms with Crippen molar-refractivity contribution in [1.82, 2.24) is 14.6 Å². The first-order valence-corrected chi connectivity index (χ1v) is 8.84. The van der Waals surface area contributed by atoms with Crippen LogP contribution in [-0.2, 0) is 4.74 Å². The maximum Gasteiger partial charge on any atom is 0.214 e. The van der Waals surface area contributed by atoms with E-state index < -0.39 is 0 Å². The van der Waals surface area contributed by atoms with Crippen molar-refractivity contribution in [2.24, 2.45) is 0 Å². The highest BCUT2D eigenvalue weighted by atomic mass is 32.1. The summed E-state index contributed by atoms with van der Waals surface area (Å²) in [4.78, 5) is 7.96. The first kappa shape index (κ1) is 15.4. The van der Waals surface area contributed by atoms with Gasteiger partial charge in [0.15, 0.2) is 0 Å². The highest BCUT2D eigenvalue weighted by Gasteiger charge is 2.28. The SMILES string of the molecule is COc1ccc(-c2cn3nc(N4[C@H](C)COC[C@@H]4C)sc3n2)cc1. The Morgan fingerprint density at radius 1 is 1.17 bits per heavy atom. The molecule has 0 saturated carbocycles. The van der Waals surface area contributed by atoms with Crippen molar-refractivity contribution in [3.05, 3.63) is 30.5 Å². The molecule has 7 heteroatoms. The summed E-state index contributed by atoms with van der Waals surface area (Å²) in [6, 6.07) is 8.56. The summed E-state index contributed by atoms with van der Waals surface area (Å²) in [5.41, 5.74) is 1.98. The first-order chi connectivity index (χ1) is 11.7. The fourth-order valence-electron chi connectivity index (χ4n) is 3.08. The van der Waals surface area contributed by atoms with Crippen LogP contribution in [0.5, 0.6) is 5.75 Å². The molecule has 1 fully saturated rings. The van der Waals surface area contributed by atoms with E-state index >= 15 is 0 Å². The molecule has 1 aliphatic rings. The number of aromatic nitrogens is 3. The smallest absolute Gasteiger partial charge is 0.214 e. The maximum atomic E-state index is 5.60. The lowest BCUT2D eigenvalue weighted by Crippen LogP contribution is -2.49. The molecule has 0 amide bonds. The van der Waals surface area contributed by atoms with E-state index in [1.54, 1.807) is 18.4 Å². The Morgan fingerprint density at radius 2 is 1.88 bits per heavy atom. The summed E-state index contributed by atoms with van der Waals surface area (Å²) in [5, 5.41) is 5.74. The molecular weight excluding hydrogens is 324 g/mol. The number of morpholine rings is 1. The normalized spacial score (nSPS) is 21.4. The largest absolute Gasteiger partial charge is 0.497 e. The zero-order valence-corrected chi connectivity index (χ0v) is 14.8. The van der Waals surface area contributed by atoms with E-state index in [4.69, 9.17) is 19.6 Å². The molecule has 2 atom stereocenters. The lowest BCUT2D eigenvalue weighted by atomic mass is 10.2. The summed E-state index contributed by atoms with van der Waals surface area (Å²) in [6.07, 6.45) is 1.98. The van der Waals surface area contributed by atoms with Crippen LogP contribution in [0.25, 0.3) is 16.2 Å². The quantitative estimate of drug-likeness (QED) is 0.731. The fourth-order valence-corrected chi connectivity index (χ4v) is 4.16. The number of ether oxygens (including phenoxy) is 2. The minimum absolute atomic E-state index is 0.325. The molecule has 1 aliphatic heterocycles. The van der Waals surface area contributed by atoms with Gasteiger partial charge in [-0.3, -0.25) is 0 Å². The Hall–Kier alpha value is -2.12. The predicted molar refractivity (Wildman–Crippen MR) is 95.1 cm³/mol. The monoisotopic (exact) mass is 344 g/mol. The number of imidazole rings is 1. The number of anilines is 1. The third-order valence-electron chi connectivity index (χ3n) is 4.31. The summed E-state index contributed by atoms with van der Waals surface area (Å²) in [5.74, 6) is 0.843. The van der Waals surface area contributed by atoms with Crippen molar-refractivity contribution in [1.29, 1.82) is 0 Å². The van der Waals surface area contributed by atoms with E-state index in [1.165, 1.54) is 0 Å². The van der Waals surface area contributed by atoms with Gasteiger partial charge in [-0.25, -0.2) is 9.50 Å². The van der Waals surface area contributed by atoms with Gasteiger partial charge < -0.3 is 14.4 Å². The van der Waals surface area contributed by atoms with Crippen molar-refractivity contribution in [3.63, 3.8) is 0 Å². The second-order valence-electron chi connectivity index (χ2n) is 6.11. The summed E-state index contributed by atoms with van der Waals surface area (Å²) >= 11 is 1.62. The van der Waals surface area contributed by atoms with Gasteiger partial charge in [-0.05, 0) is 38.1 Å². The molecule has 1 saturated heterocycles. The van der Waals surface area contributed by atoms with Crippen LogP contribution in [0.2, 0.25) is 0 Å². The zero-order valence-electron chi connectivity index (χ0n) is 14.0. The average Bonchev–Trinajstić information content (AvgIpc) is 3.14. The number of hydrogen-bond acceptors (Lipinski definition) is 6. The number of fused-ring (bicyclic) bond motifs is 1. The van der Waals surface area contributed by atoms with Crippen molar-refractivity contribution in [2.75, 3.05) is 25.2 Å². The zero-order chi connectivity index (χ0) is 16.7. The molecule has 2 aromatic heterocycles.